The van der Waals surface area contributed by atoms with Gasteiger partial charge in [-0.1, -0.05) is 65.8 Å². The summed E-state index contributed by atoms with van der Waals surface area (Å²) in [4.78, 5) is 19.9. The molecule has 1 aromatic heterocycles. The molecule has 0 saturated heterocycles. The monoisotopic (exact) mass is 502 g/mol. The first-order valence-corrected chi connectivity index (χ1v) is 13.0. The number of benzene rings is 2. The van der Waals surface area contributed by atoms with E-state index in [1.54, 1.807) is 12.4 Å². The second kappa shape index (κ2) is 11.0. The van der Waals surface area contributed by atoms with Crippen molar-refractivity contribution in [2.75, 3.05) is 25.6 Å². The van der Waals surface area contributed by atoms with Gasteiger partial charge in [-0.05, 0) is 69.8 Å². The van der Waals surface area contributed by atoms with Gasteiger partial charge < -0.3 is 14.7 Å². The van der Waals surface area contributed by atoms with Crippen molar-refractivity contribution in [3.8, 4) is 5.75 Å². The van der Waals surface area contributed by atoms with Crippen molar-refractivity contribution in [3.63, 3.8) is 0 Å². The molecule has 3 aromatic rings. The van der Waals surface area contributed by atoms with Crippen molar-refractivity contribution >= 4 is 11.7 Å². The first-order chi connectivity index (χ1) is 17.3. The normalized spacial score (nSPS) is 13.6. The number of aromatic hydroxyl groups is 1. The van der Waals surface area contributed by atoms with Crippen LogP contribution in [0, 0.1) is 0 Å². The molecule has 5 heteroatoms. The lowest BCUT2D eigenvalue weighted by atomic mass is 9.72. The molecule has 2 atom stereocenters. The summed E-state index contributed by atoms with van der Waals surface area (Å²) >= 11 is 0. The largest absolute Gasteiger partial charge is 0.507 e. The van der Waals surface area contributed by atoms with Gasteiger partial charge in [-0.3, -0.25) is 9.78 Å². The smallest absolute Gasteiger partial charge is 0.314 e. The van der Waals surface area contributed by atoms with Crippen LogP contribution in [0.5, 0.6) is 5.75 Å². The number of carbonyl (C=O) groups is 1. The van der Waals surface area contributed by atoms with E-state index in [0.717, 1.165) is 33.5 Å². The van der Waals surface area contributed by atoms with Crippen molar-refractivity contribution in [1.82, 2.24) is 4.98 Å². The van der Waals surface area contributed by atoms with E-state index in [2.05, 4.69) is 87.8 Å². The van der Waals surface area contributed by atoms with Gasteiger partial charge in [-0.25, -0.2) is 0 Å². The summed E-state index contributed by atoms with van der Waals surface area (Å²) in [5, 5.41) is 11.4. The van der Waals surface area contributed by atoms with Gasteiger partial charge in [0.1, 0.15) is 5.75 Å². The Labute approximate surface area is 222 Å². The van der Waals surface area contributed by atoms with Gasteiger partial charge in [-0.2, -0.15) is 0 Å². The first-order valence-electron chi connectivity index (χ1n) is 13.0. The number of hydrogen-bond acceptors (Lipinski definition) is 5. The van der Waals surface area contributed by atoms with Crippen LogP contribution in [0.25, 0.3) is 0 Å². The number of aromatic nitrogens is 1. The molecule has 0 spiro atoms. The molecule has 0 amide bonds. The Kier molecular flexibility index (Phi) is 8.36. The Morgan fingerprint density at radius 1 is 0.865 bits per heavy atom. The van der Waals surface area contributed by atoms with Crippen LogP contribution in [0.4, 0.5) is 5.69 Å². The maximum atomic E-state index is 13.6. The average Bonchev–Trinajstić information content (AvgIpc) is 2.82. The predicted octanol–water partition coefficient (Wildman–Crippen LogP) is 6.93. The molecule has 0 aliphatic carbocycles. The zero-order valence-corrected chi connectivity index (χ0v) is 23.8. The number of phenolic OH excluding ortho intramolecular Hbond substituents is 1. The molecule has 0 radical (unpaired) electrons. The minimum atomic E-state index is -0.585. The molecule has 2 unspecified atom stereocenters. The zero-order chi connectivity index (χ0) is 27.5. The van der Waals surface area contributed by atoms with Crippen molar-refractivity contribution in [3.05, 3.63) is 88.7 Å². The summed E-state index contributed by atoms with van der Waals surface area (Å²) in [7, 11) is 4.02. The van der Waals surface area contributed by atoms with Crippen molar-refractivity contribution in [1.29, 1.82) is 0 Å². The summed E-state index contributed by atoms with van der Waals surface area (Å²) in [5.41, 5.74) is 5.04. The highest BCUT2D eigenvalue weighted by Gasteiger charge is 2.36. The standard InChI is InChI=1S/C32H42N2O3/c1-10-37-30(36)28(22-15-17-33-18-16-22)27(21-11-13-24(14-12-21)34(8)9)23-19-25(31(2,3)4)29(35)26(20-23)32(5,6)7/h11-20,27-28,35H,10H2,1-9H3. The van der Waals surface area contributed by atoms with Gasteiger partial charge in [-0.15, -0.1) is 0 Å². The average molecular weight is 503 g/mol. The number of carbonyl (C=O) groups excluding carboxylic acids is 1. The quantitative estimate of drug-likeness (QED) is 0.355. The van der Waals surface area contributed by atoms with Crippen LogP contribution in [0.1, 0.15) is 88.1 Å². The van der Waals surface area contributed by atoms with Crippen LogP contribution in [0.15, 0.2) is 60.9 Å². The van der Waals surface area contributed by atoms with Gasteiger partial charge in [0.2, 0.25) is 0 Å². The highest BCUT2D eigenvalue weighted by atomic mass is 16.5. The van der Waals surface area contributed by atoms with Crippen LogP contribution in [-0.4, -0.2) is 36.8 Å². The van der Waals surface area contributed by atoms with E-state index in [1.807, 2.05) is 33.2 Å². The maximum absolute atomic E-state index is 13.6. The molecule has 0 bridgehead atoms. The highest BCUT2D eigenvalue weighted by molar-refractivity contribution is 5.81. The minimum Gasteiger partial charge on any atom is -0.507 e. The predicted molar refractivity (Wildman–Crippen MR) is 152 cm³/mol. The molecule has 198 valence electrons. The lowest BCUT2D eigenvalue weighted by molar-refractivity contribution is -0.145. The van der Waals surface area contributed by atoms with Crippen molar-refractivity contribution in [2.24, 2.45) is 0 Å². The number of nitrogens with zero attached hydrogens (tertiary/aromatic N) is 2. The van der Waals surface area contributed by atoms with E-state index >= 15 is 0 Å². The summed E-state index contributed by atoms with van der Waals surface area (Å²) in [6.45, 7) is 14.7. The van der Waals surface area contributed by atoms with Crippen LogP contribution < -0.4 is 4.90 Å². The minimum absolute atomic E-state index is 0.280. The van der Waals surface area contributed by atoms with Crippen LogP contribution in [0.3, 0.4) is 0 Å². The Balaban J connectivity index is 2.39. The number of pyridine rings is 1. The fourth-order valence-corrected chi connectivity index (χ4v) is 4.80. The van der Waals surface area contributed by atoms with Crippen LogP contribution in [0.2, 0.25) is 0 Å². The first kappa shape index (κ1) is 28.2. The van der Waals surface area contributed by atoms with E-state index in [0.29, 0.717) is 12.4 Å². The highest BCUT2D eigenvalue weighted by Crippen LogP contribution is 2.46. The van der Waals surface area contributed by atoms with E-state index in [4.69, 9.17) is 4.74 Å². The third-order valence-electron chi connectivity index (χ3n) is 6.82. The Hall–Kier alpha value is -3.34. The lowest BCUT2D eigenvalue weighted by Gasteiger charge is -2.32. The van der Waals surface area contributed by atoms with Crippen molar-refractivity contribution < 1.29 is 14.6 Å². The van der Waals surface area contributed by atoms with Gasteiger partial charge in [0.05, 0.1) is 12.5 Å². The summed E-state index contributed by atoms with van der Waals surface area (Å²) in [6, 6.07) is 16.3. The lowest BCUT2D eigenvalue weighted by Crippen LogP contribution is -2.25. The number of rotatable bonds is 7. The topological polar surface area (TPSA) is 62.7 Å². The third kappa shape index (κ3) is 6.33. The Morgan fingerprint density at radius 3 is 1.81 bits per heavy atom. The molecular formula is C32H42N2O3. The second-order valence-electron chi connectivity index (χ2n) is 11.9. The van der Waals surface area contributed by atoms with E-state index in [9.17, 15) is 9.90 Å². The van der Waals surface area contributed by atoms with Crippen LogP contribution in [-0.2, 0) is 20.4 Å². The molecule has 3 rings (SSSR count). The fraction of sp³-hybridized carbons (Fsp3) is 0.438. The summed E-state index contributed by atoms with van der Waals surface area (Å²) in [5.74, 6) is -0.876. The zero-order valence-electron chi connectivity index (χ0n) is 23.8. The Bertz CT molecular complexity index is 1170. The molecule has 1 N–H and O–H groups in total. The molecule has 0 saturated carbocycles. The SMILES string of the molecule is CCOC(=O)C(c1ccncc1)C(c1ccc(N(C)C)cc1)c1cc(C(C)(C)C)c(O)c(C(C)(C)C)c1. The summed E-state index contributed by atoms with van der Waals surface area (Å²) in [6.07, 6.45) is 3.43. The maximum Gasteiger partial charge on any atom is 0.314 e. The van der Waals surface area contributed by atoms with E-state index in [-0.39, 0.29) is 22.7 Å². The van der Waals surface area contributed by atoms with Crippen molar-refractivity contribution in [2.45, 2.75) is 71.1 Å². The number of phenols is 1. The fourth-order valence-electron chi connectivity index (χ4n) is 4.80. The number of esters is 1. The molecule has 5 nitrogen and oxygen atoms in total. The Morgan fingerprint density at radius 2 is 1.38 bits per heavy atom. The van der Waals surface area contributed by atoms with Gasteiger partial charge >= 0.3 is 5.97 Å². The van der Waals surface area contributed by atoms with Gasteiger partial charge in [0.25, 0.3) is 0 Å². The molecule has 0 aliphatic heterocycles. The molecule has 37 heavy (non-hydrogen) atoms. The summed E-state index contributed by atoms with van der Waals surface area (Å²) < 4.78 is 5.65. The molecule has 2 aromatic carbocycles. The number of ether oxygens (including phenoxy) is 1. The molecule has 0 aliphatic rings. The molecule has 0 fully saturated rings. The molecule has 1 heterocycles. The van der Waals surface area contributed by atoms with E-state index in [1.165, 1.54) is 0 Å². The number of hydrogen-bond donors (Lipinski definition) is 1. The number of anilines is 1. The van der Waals surface area contributed by atoms with Gasteiger partial charge in [0.15, 0.2) is 0 Å². The molecular weight excluding hydrogens is 460 g/mol. The second-order valence-corrected chi connectivity index (χ2v) is 11.9. The van der Waals surface area contributed by atoms with Crippen LogP contribution >= 0.6 is 0 Å². The van der Waals surface area contributed by atoms with Gasteiger partial charge in [0, 0.05) is 38.1 Å². The van der Waals surface area contributed by atoms with E-state index < -0.39 is 5.92 Å². The third-order valence-corrected chi connectivity index (χ3v) is 6.82.